The van der Waals surface area contributed by atoms with Gasteiger partial charge in [-0.15, -0.1) is 0 Å². The van der Waals surface area contributed by atoms with Crippen LogP contribution in [-0.4, -0.2) is 12.1 Å². The average Bonchev–Trinajstić information content (AvgIpc) is 2.45. The van der Waals surface area contributed by atoms with Crippen molar-refractivity contribution in [2.75, 3.05) is 7.11 Å². The van der Waals surface area contributed by atoms with E-state index in [1.165, 1.54) is 25.7 Å². The third-order valence-electron chi connectivity index (χ3n) is 4.84. The zero-order valence-electron chi connectivity index (χ0n) is 13.2. The maximum Gasteiger partial charge on any atom is 0.141 e. The number of ether oxygens (including phenoxy) is 1. The van der Waals surface area contributed by atoms with Crippen LogP contribution in [0.5, 0.6) is 5.75 Å². The molecule has 1 saturated carbocycles. The highest BCUT2D eigenvalue weighted by Crippen LogP contribution is 2.43. The van der Waals surface area contributed by atoms with Crippen LogP contribution in [0.2, 0.25) is 0 Å². The van der Waals surface area contributed by atoms with Crippen molar-refractivity contribution in [1.82, 2.24) is 4.98 Å². The van der Waals surface area contributed by atoms with Gasteiger partial charge in [-0.3, -0.25) is 4.98 Å². The van der Waals surface area contributed by atoms with Crippen LogP contribution in [0.1, 0.15) is 58.2 Å². The average molecular weight is 276 g/mol. The first kappa shape index (κ1) is 15.3. The number of rotatable bonds is 3. The SMILES string of the molecule is COc1cccnc1C(N)C1CCC(C(C)(C)C)CC1. The van der Waals surface area contributed by atoms with Crippen molar-refractivity contribution in [1.29, 1.82) is 0 Å². The first-order valence-corrected chi connectivity index (χ1v) is 7.68. The van der Waals surface area contributed by atoms with Crippen molar-refractivity contribution in [3.8, 4) is 5.75 Å². The van der Waals surface area contributed by atoms with Gasteiger partial charge in [0.05, 0.1) is 18.8 Å². The number of hydrogen-bond donors (Lipinski definition) is 1. The minimum Gasteiger partial charge on any atom is -0.495 e. The van der Waals surface area contributed by atoms with E-state index in [2.05, 4.69) is 25.8 Å². The maximum atomic E-state index is 6.46. The van der Waals surface area contributed by atoms with Crippen molar-refractivity contribution in [2.45, 2.75) is 52.5 Å². The van der Waals surface area contributed by atoms with E-state index in [9.17, 15) is 0 Å². The van der Waals surface area contributed by atoms with Gasteiger partial charge in [0, 0.05) is 6.20 Å². The summed E-state index contributed by atoms with van der Waals surface area (Å²) in [4.78, 5) is 4.44. The molecule has 1 atom stereocenters. The Balaban J connectivity index is 2.03. The van der Waals surface area contributed by atoms with Crippen molar-refractivity contribution in [2.24, 2.45) is 23.0 Å². The Bertz CT molecular complexity index is 431. The van der Waals surface area contributed by atoms with E-state index in [4.69, 9.17) is 10.5 Å². The molecule has 0 saturated heterocycles. The zero-order valence-corrected chi connectivity index (χ0v) is 13.2. The molecule has 0 bridgehead atoms. The number of nitrogens with zero attached hydrogens (tertiary/aromatic N) is 1. The van der Waals surface area contributed by atoms with Crippen LogP contribution in [0.4, 0.5) is 0 Å². The number of hydrogen-bond acceptors (Lipinski definition) is 3. The summed E-state index contributed by atoms with van der Waals surface area (Å²) in [5, 5.41) is 0. The van der Waals surface area contributed by atoms with E-state index in [0.29, 0.717) is 11.3 Å². The fourth-order valence-electron chi connectivity index (χ4n) is 3.39. The highest BCUT2D eigenvalue weighted by molar-refractivity contribution is 5.29. The molecule has 1 aromatic rings. The fraction of sp³-hybridized carbons (Fsp3) is 0.706. The molecule has 112 valence electrons. The molecular weight excluding hydrogens is 248 g/mol. The minimum absolute atomic E-state index is 0.00734. The van der Waals surface area contributed by atoms with Crippen LogP contribution in [0.3, 0.4) is 0 Å². The first-order chi connectivity index (χ1) is 9.43. The van der Waals surface area contributed by atoms with Gasteiger partial charge in [-0.2, -0.15) is 0 Å². The maximum absolute atomic E-state index is 6.46. The number of nitrogens with two attached hydrogens (primary N) is 1. The summed E-state index contributed by atoms with van der Waals surface area (Å²) in [5.41, 5.74) is 7.78. The molecule has 1 fully saturated rings. The van der Waals surface area contributed by atoms with Crippen molar-refractivity contribution in [3.63, 3.8) is 0 Å². The molecule has 0 aromatic carbocycles. The summed E-state index contributed by atoms with van der Waals surface area (Å²) in [6.45, 7) is 7.04. The lowest BCUT2D eigenvalue weighted by molar-refractivity contribution is 0.138. The molecule has 0 aliphatic heterocycles. The molecule has 3 nitrogen and oxygen atoms in total. The molecule has 3 heteroatoms. The van der Waals surface area contributed by atoms with Gasteiger partial charge in [0.15, 0.2) is 0 Å². The van der Waals surface area contributed by atoms with Gasteiger partial charge < -0.3 is 10.5 Å². The molecule has 0 spiro atoms. The van der Waals surface area contributed by atoms with Crippen LogP contribution < -0.4 is 10.5 Å². The molecule has 1 heterocycles. The van der Waals surface area contributed by atoms with Gasteiger partial charge in [0.1, 0.15) is 5.75 Å². The third-order valence-corrected chi connectivity index (χ3v) is 4.84. The Morgan fingerprint density at radius 2 is 1.90 bits per heavy atom. The second-order valence-electron chi connectivity index (χ2n) is 7.09. The molecule has 1 aliphatic rings. The summed E-state index contributed by atoms with van der Waals surface area (Å²) in [6, 6.07) is 3.83. The molecule has 0 radical (unpaired) electrons. The predicted molar refractivity (Wildman–Crippen MR) is 82.6 cm³/mol. The van der Waals surface area contributed by atoms with Gasteiger partial charge in [-0.05, 0) is 55.1 Å². The van der Waals surface area contributed by atoms with Crippen LogP contribution in [-0.2, 0) is 0 Å². The first-order valence-electron chi connectivity index (χ1n) is 7.68. The normalized spacial score (nSPS) is 25.2. The summed E-state index contributed by atoms with van der Waals surface area (Å²) >= 11 is 0. The van der Waals surface area contributed by atoms with Crippen LogP contribution in [0.25, 0.3) is 0 Å². The van der Waals surface area contributed by atoms with Crippen molar-refractivity contribution < 1.29 is 4.74 Å². The monoisotopic (exact) mass is 276 g/mol. The number of aromatic nitrogens is 1. The van der Waals surface area contributed by atoms with E-state index in [1.54, 1.807) is 13.3 Å². The van der Waals surface area contributed by atoms with Gasteiger partial charge in [-0.1, -0.05) is 20.8 Å². The lowest BCUT2D eigenvalue weighted by Crippen LogP contribution is -2.31. The molecule has 0 amide bonds. The standard InChI is InChI=1S/C17H28N2O/c1-17(2,3)13-9-7-12(8-10-13)15(18)16-14(20-4)6-5-11-19-16/h5-6,11-13,15H,7-10,18H2,1-4H3. The van der Waals surface area contributed by atoms with E-state index < -0.39 is 0 Å². The van der Waals surface area contributed by atoms with Crippen molar-refractivity contribution >= 4 is 0 Å². The third kappa shape index (κ3) is 3.32. The molecular formula is C17H28N2O. The number of pyridine rings is 1. The number of methoxy groups -OCH3 is 1. The lowest BCUT2D eigenvalue weighted by atomic mass is 9.68. The van der Waals surface area contributed by atoms with Gasteiger partial charge in [-0.25, -0.2) is 0 Å². The van der Waals surface area contributed by atoms with Crippen LogP contribution in [0, 0.1) is 17.3 Å². The van der Waals surface area contributed by atoms with Crippen LogP contribution >= 0.6 is 0 Å². The molecule has 20 heavy (non-hydrogen) atoms. The fourth-order valence-corrected chi connectivity index (χ4v) is 3.39. The highest BCUT2D eigenvalue weighted by atomic mass is 16.5. The Morgan fingerprint density at radius 3 is 2.45 bits per heavy atom. The summed E-state index contributed by atoms with van der Waals surface area (Å²) < 4.78 is 5.39. The Kier molecular flexibility index (Phi) is 4.69. The summed E-state index contributed by atoms with van der Waals surface area (Å²) in [7, 11) is 1.68. The topological polar surface area (TPSA) is 48.1 Å². The zero-order chi connectivity index (χ0) is 14.8. The summed E-state index contributed by atoms with van der Waals surface area (Å²) in [6.07, 6.45) is 6.75. The lowest BCUT2D eigenvalue weighted by Gasteiger charge is -2.38. The second-order valence-corrected chi connectivity index (χ2v) is 7.09. The van der Waals surface area contributed by atoms with Crippen molar-refractivity contribution in [3.05, 3.63) is 24.0 Å². The summed E-state index contributed by atoms with van der Waals surface area (Å²) in [5.74, 6) is 2.16. The van der Waals surface area contributed by atoms with E-state index in [1.807, 2.05) is 12.1 Å². The predicted octanol–water partition coefficient (Wildman–Crippen LogP) is 3.94. The second kappa shape index (κ2) is 6.13. The Labute approximate surface area is 122 Å². The Morgan fingerprint density at radius 1 is 1.25 bits per heavy atom. The smallest absolute Gasteiger partial charge is 0.141 e. The quantitative estimate of drug-likeness (QED) is 0.909. The van der Waals surface area contributed by atoms with E-state index in [-0.39, 0.29) is 6.04 Å². The molecule has 1 aliphatic carbocycles. The largest absolute Gasteiger partial charge is 0.495 e. The minimum atomic E-state index is -0.00734. The van der Waals surface area contributed by atoms with E-state index in [0.717, 1.165) is 17.4 Å². The highest BCUT2D eigenvalue weighted by Gasteiger charge is 2.33. The van der Waals surface area contributed by atoms with Gasteiger partial charge >= 0.3 is 0 Å². The molecule has 2 N–H and O–H groups in total. The van der Waals surface area contributed by atoms with E-state index >= 15 is 0 Å². The molecule has 1 aromatic heterocycles. The van der Waals surface area contributed by atoms with Crippen LogP contribution in [0.15, 0.2) is 18.3 Å². The van der Waals surface area contributed by atoms with Gasteiger partial charge in [0.25, 0.3) is 0 Å². The molecule has 1 unspecified atom stereocenters. The Hall–Kier alpha value is -1.09. The molecule has 2 rings (SSSR count). The van der Waals surface area contributed by atoms with Gasteiger partial charge in [0.2, 0.25) is 0 Å².